The first-order valence-corrected chi connectivity index (χ1v) is 10.6. The van der Waals surface area contributed by atoms with Gasteiger partial charge in [-0.3, -0.25) is 9.78 Å². The van der Waals surface area contributed by atoms with Crippen LogP contribution in [0.15, 0.2) is 73.2 Å². The lowest BCUT2D eigenvalue weighted by atomic mass is 9.87. The van der Waals surface area contributed by atoms with Crippen molar-refractivity contribution in [3.63, 3.8) is 0 Å². The molecule has 146 valence electrons. The highest BCUT2D eigenvalue weighted by Gasteiger charge is 2.28. The normalized spacial score (nSPS) is 12.7. The van der Waals surface area contributed by atoms with Gasteiger partial charge in [0.05, 0.1) is 10.8 Å². The molecule has 4 aromatic rings. The molecule has 4 nitrogen and oxygen atoms in total. The lowest BCUT2D eigenvalue weighted by molar-refractivity contribution is -0.116. The van der Waals surface area contributed by atoms with Crippen molar-refractivity contribution in [1.29, 1.82) is 0 Å². The minimum atomic E-state index is -0.402. The molecule has 30 heavy (non-hydrogen) atoms. The number of pyridine rings is 1. The number of rotatable bonds is 3. The molecule has 0 aliphatic heterocycles. The predicted molar refractivity (Wildman–Crippen MR) is 122 cm³/mol. The Kier molecular flexibility index (Phi) is 4.73. The molecule has 1 aliphatic carbocycles. The van der Waals surface area contributed by atoms with Crippen LogP contribution in [0.3, 0.4) is 0 Å². The van der Waals surface area contributed by atoms with E-state index in [9.17, 15) is 4.79 Å². The zero-order valence-electron chi connectivity index (χ0n) is 16.4. The van der Waals surface area contributed by atoms with Gasteiger partial charge in [-0.05, 0) is 40.8 Å². The van der Waals surface area contributed by atoms with Gasteiger partial charge < -0.3 is 5.32 Å². The van der Waals surface area contributed by atoms with E-state index in [4.69, 9.17) is 0 Å². The van der Waals surface area contributed by atoms with Gasteiger partial charge in [0, 0.05) is 24.2 Å². The molecule has 0 spiro atoms. The maximum atomic E-state index is 13.5. The molecule has 0 saturated heterocycles. The average Bonchev–Trinajstić information content (AvgIpc) is 3.15. The van der Waals surface area contributed by atoms with Crippen molar-refractivity contribution in [3.8, 4) is 10.4 Å². The molecular formula is C25H19N3OS. The standard InChI is InChI=1S/C25H19N3OS/c1-16-12-19(14-26-13-16)22-15-27-25(30-22)28-24(29)23-20-8-4-2-6-17(20)10-11-18-7-3-5-9-21(18)23/h2-15,23H,1H3,(H,27,28,29). The van der Waals surface area contributed by atoms with Crippen molar-refractivity contribution >= 4 is 34.5 Å². The van der Waals surface area contributed by atoms with Crippen LogP contribution < -0.4 is 5.32 Å². The molecule has 0 radical (unpaired) electrons. The first-order valence-electron chi connectivity index (χ1n) is 9.74. The van der Waals surface area contributed by atoms with Crippen molar-refractivity contribution < 1.29 is 4.79 Å². The van der Waals surface area contributed by atoms with Gasteiger partial charge in [-0.15, -0.1) is 0 Å². The molecule has 0 saturated carbocycles. The van der Waals surface area contributed by atoms with Crippen molar-refractivity contribution in [1.82, 2.24) is 9.97 Å². The number of carbonyl (C=O) groups is 1. The van der Waals surface area contributed by atoms with E-state index in [0.717, 1.165) is 38.3 Å². The number of thiazole rings is 1. The van der Waals surface area contributed by atoms with Gasteiger partial charge in [-0.1, -0.05) is 72.0 Å². The Morgan fingerprint density at radius 2 is 1.60 bits per heavy atom. The number of benzene rings is 2. The number of hydrogen-bond acceptors (Lipinski definition) is 4. The largest absolute Gasteiger partial charge is 0.301 e. The Hall–Kier alpha value is -3.57. The van der Waals surface area contributed by atoms with E-state index >= 15 is 0 Å². The molecule has 1 amide bonds. The summed E-state index contributed by atoms with van der Waals surface area (Å²) in [6.45, 7) is 2.01. The van der Waals surface area contributed by atoms with Crippen molar-refractivity contribution in [3.05, 3.63) is 101 Å². The zero-order chi connectivity index (χ0) is 20.5. The first-order chi connectivity index (χ1) is 14.7. The lowest BCUT2D eigenvalue weighted by Gasteiger charge is -2.19. The van der Waals surface area contributed by atoms with Crippen LogP contribution in [0.4, 0.5) is 5.13 Å². The maximum Gasteiger partial charge on any atom is 0.238 e. The monoisotopic (exact) mass is 409 g/mol. The summed E-state index contributed by atoms with van der Waals surface area (Å²) in [7, 11) is 0. The second-order valence-corrected chi connectivity index (χ2v) is 8.32. The third kappa shape index (κ3) is 3.44. The number of hydrogen-bond donors (Lipinski definition) is 1. The number of carbonyl (C=O) groups excluding carboxylic acids is 1. The van der Waals surface area contributed by atoms with E-state index in [2.05, 4.69) is 33.5 Å². The van der Waals surface area contributed by atoms with Gasteiger partial charge in [0.25, 0.3) is 0 Å². The third-order valence-electron chi connectivity index (χ3n) is 5.21. The highest BCUT2D eigenvalue weighted by Crippen LogP contribution is 2.36. The number of aryl methyl sites for hydroxylation is 1. The third-order valence-corrected chi connectivity index (χ3v) is 6.18. The Morgan fingerprint density at radius 1 is 0.933 bits per heavy atom. The summed E-state index contributed by atoms with van der Waals surface area (Å²) >= 11 is 1.46. The molecule has 1 aliphatic rings. The second-order valence-electron chi connectivity index (χ2n) is 7.29. The van der Waals surface area contributed by atoms with Crippen LogP contribution in [0.5, 0.6) is 0 Å². The molecule has 5 heteroatoms. The molecule has 2 aromatic carbocycles. The molecule has 0 bridgehead atoms. The van der Waals surface area contributed by atoms with E-state index in [1.165, 1.54) is 11.3 Å². The van der Waals surface area contributed by atoms with Gasteiger partial charge in [-0.25, -0.2) is 4.98 Å². The minimum Gasteiger partial charge on any atom is -0.301 e. The smallest absolute Gasteiger partial charge is 0.238 e. The molecule has 0 unspecified atom stereocenters. The number of nitrogens with zero attached hydrogens (tertiary/aromatic N) is 2. The Balaban J connectivity index is 1.49. The highest BCUT2D eigenvalue weighted by molar-refractivity contribution is 7.19. The SMILES string of the molecule is Cc1cncc(-c2cnc(NC(=O)C3c4ccccc4C=Cc4ccccc43)s2)c1. The van der Waals surface area contributed by atoms with Gasteiger partial charge >= 0.3 is 0 Å². The Labute approximate surface area is 179 Å². The van der Waals surface area contributed by atoms with Gasteiger partial charge in [0.2, 0.25) is 5.91 Å². The van der Waals surface area contributed by atoms with Crippen LogP contribution in [0.2, 0.25) is 0 Å². The topological polar surface area (TPSA) is 54.9 Å². The molecule has 2 aromatic heterocycles. The molecule has 0 atom stereocenters. The predicted octanol–water partition coefficient (Wildman–Crippen LogP) is 5.77. The molecule has 2 heterocycles. The van der Waals surface area contributed by atoms with E-state index < -0.39 is 5.92 Å². The Morgan fingerprint density at radius 3 is 2.27 bits per heavy atom. The molecular weight excluding hydrogens is 390 g/mol. The minimum absolute atomic E-state index is 0.0816. The summed E-state index contributed by atoms with van der Waals surface area (Å²) in [4.78, 5) is 23.1. The molecule has 5 rings (SSSR count). The second kappa shape index (κ2) is 7.69. The van der Waals surface area contributed by atoms with E-state index in [1.807, 2.05) is 67.8 Å². The van der Waals surface area contributed by atoms with Gasteiger partial charge in [0.1, 0.15) is 0 Å². The van der Waals surface area contributed by atoms with Gasteiger partial charge in [0.15, 0.2) is 5.13 Å². The van der Waals surface area contributed by atoms with Crippen LogP contribution in [0.1, 0.15) is 33.7 Å². The zero-order valence-corrected chi connectivity index (χ0v) is 17.2. The van der Waals surface area contributed by atoms with Crippen molar-refractivity contribution in [2.24, 2.45) is 0 Å². The average molecular weight is 410 g/mol. The summed E-state index contributed by atoms with van der Waals surface area (Å²) in [5, 5.41) is 3.63. The quantitative estimate of drug-likeness (QED) is 0.467. The van der Waals surface area contributed by atoms with Crippen LogP contribution in [0.25, 0.3) is 22.6 Å². The number of nitrogens with one attached hydrogen (secondary N) is 1. The van der Waals surface area contributed by atoms with E-state index in [1.54, 1.807) is 6.20 Å². The molecule has 1 N–H and O–H groups in total. The van der Waals surface area contributed by atoms with Crippen LogP contribution >= 0.6 is 11.3 Å². The van der Waals surface area contributed by atoms with Crippen LogP contribution in [-0.2, 0) is 4.79 Å². The molecule has 0 fully saturated rings. The van der Waals surface area contributed by atoms with Crippen molar-refractivity contribution in [2.45, 2.75) is 12.8 Å². The number of amides is 1. The fourth-order valence-electron chi connectivity index (χ4n) is 3.81. The summed E-state index contributed by atoms with van der Waals surface area (Å²) < 4.78 is 0. The number of fused-ring (bicyclic) bond motifs is 2. The van der Waals surface area contributed by atoms with Crippen molar-refractivity contribution in [2.75, 3.05) is 5.32 Å². The first kappa shape index (κ1) is 18.5. The fraction of sp³-hybridized carbons (Fsp3) is 0.0800. The Bertz CT molecular complexity index is 1230. The van der Waals surface area contributed by atoms with Crippen LogP contribution in [0, 0.1) is 6.92 Å². The maximum absolute atomic E-state index is 13.5. The van der Waals surface area contributed by atoms with Crippen LogP contribution in [-0.4, -0.2) is 15.9 Å². The summed E-state index contributed by atoms with van der Waals surface area (Å²) in [5.41, 5.74) is 6.19. The van der Waals surface area contributed by atoms with E-state index in [-0.39, 0.29) is 5.91 Å². The summed E-state index contributed by atoms with van der Waals surface area (Å²) in [5.74, 6) is -0.484. The number of anilines is 1. The lowest BCUT2D eigenvalue weighted by Crippen LogP contribution is -2.23. The fourth-order valence-corrected chi connectivity index (χ4v) is 4.61. The number of aromatic nitrogens is 2. The summed E-state index contributed by atoms with van der Waals surface area (Å²) in [6, 6.07) is 18.2. The van der Waals surface area contributed by atoms with E-state index in [0.29, 0.717) is 5.13 Å². The summed E-state index contributed by atoms with van der Waals surface area (Å²) in [6.07, 6.45) is 9.58. The highest BCUT2D eigenvalue weighted by atomic mass is 32.1. The van der Waals surface area contributed by atoms with Gasteiger partial charge in [-0.2, -0.15) is 0 Å².